The van der Waals surface area contributed by atoms with E-state index in [1.54, 1.807) is 36.4 Å². The lowest BCUT2D eigenvalue weighted by Gasteiger charge is -2.18. The normalized spacial score (nSPS) is 13.6. The van der Waals surface area contributed by atoms with Crippen LogP contribution < -0.4 is 10.6 Å². The van der Waals surface area contributed by atoms with E-state index in [1.807, 2.05) is 26.1 Å². The molecule has 1 atom stereocenters. The van der Waals surface area contributed by atoms with Gasteiger partial charge in [0.2, 0.25) is 0 Å². The zero-order valence-corrected chi connectivity index (χ0v) is 23.4. The molecule has 0 amide bonds. The molecule has 220 valence electrons. The average molecular weight is 574 g/mol. The number of nitriles is 1. The number of nitrogens with one attached hydrogen (secondary N) is 2. The van der Waals surface area contributed by atoms with Gasteiger partial charge in [-0.25, -0.2) is 4.39 Å². The van der Waals surface area contributed by atoms with Gasteiger partial charge < -0.3 is 15.1 Å². The number of fused-ring (bicyclic) bond motifs is 1. The molecule has 0 radical (unpaired) electrons. The van der Waals surface area contributed by atoms with Crippen molar-refractivity contribution in [1.82, 2.24) is 5.32 Å². The molecular formula is C34H37F2N3O3. The lowest BCUT2D eigenvalue weighted by Crippen LogP contribution is -2.40. The maximum atomic E-state index is 13.4. The number of rotatable bonds is 10. The number of anilines is 1. The van der Waals surface area contributed by atoms with Gasteiger partial charge in [0.1, 0.15) is 29.0 Å². The first-order chi connectivity index (χ1) is 19.7. The summed E-state index contributed by atoms with van der Waals surface area (Å²) in [5.74, 6) is 0.397. The van der Waals surface area contributed by atoms with Gasteiger partial charge in [0.15, 0.2) is 5.78 Å². The minimum absolute atomic E-state index is 0. The maximum Gasteiger partial charge on any atom is 0.164 e. The second-order valence-corrected chi connectivity index (χ2v) is 10.3. The van der Waals surface area contributed by atoms with Gasteiger partial charge in [-0.2, -0.15) is 5.26 Å². The van der Waals surface area contributed by atoms with E-state index in [2.05, 4.69) is 16.7 Å². The monoisotopic (exact) mass is 573 g/mol. The Kier molecular flexibility index (Phi) is 10.7. The SMILES string of the molecule is C.CC(=O)c1c(-c2ccc(F)cc2)oc2cc(NCCCF)c(-c3cccc(C=O)c3)cc12.CNC(C)(C#N)C1CC1. The minimum Gasteiger partial charge on any atom is -0.455 e. The number of benzene rings is 3. The van der Waals surface area contributed by atoms with Crippen molar-refractivity contribution >= 4 is 28.7 Å². The largest absolute Gasteiger partial charge is 0.455 e. The molecule has 1 aliphatic rings. The van der Waals surface area contributed by atoms with Crippen molar-refractivity contribution in [3.05, 3.63) is 77.6 Å². The van der Waals surface area contributed by atoms with Crippen molar-refractivity contribution in [2.24, 2.45) is 5.92 Å². The summed E-state index contributed by atoms with van der Waals surface area (Å²) in [6.07, 6.45) is 3.53. The molecule has 6 nitrogen and oxygen atoms in total. The van der Waals surface area contributed by atoms with Crippen molar-refractivity contribution < 1.29 is 22.8 Å². The lowest BCUT2D eigenvalue weighted by atomic mass is 9.96. The molecule has 1 aromatic heterocycles. The summed E-state index contributed by atoms with van der Waals surface area (Å²) in [7, 11) is 1.85. The number of aldehydes is 1. The highest BCUT2D eigenvalue weighted by molar-refractivity contribution is 6.13. The van der Waals surface area contributed by atoms with E-state index in [0.29, 0.717) is 58.0 Å². The summed E-state index contributed by atoms with van der Waals surface area (Å²) in [4.78, 5) is 23.9. The average Bonchev–Trinajstić information content (AvgIpc) is 3.78. The van der Waals surface area contributed by atoms with Gasteiger partial charge in [-0.3, -0.25) is 14.0 Å². The van der Waals surface area contributed by atoms with Crippen molar-refractivity contribution in [1.29, 1.82) is 5.26 Å². The van der Waals surface area contributed by atoms with E-state index >= 15 is 0 Å². The molecule has 42 heavy (non-hydrogen) atoms. The fourth-order valence-corrected chi connectivity index (χ4v) is 4.76. The van der Waals surface area contributed by atoms with Crippen LogP contribution in [0.2, 0.25) is 0 Å². The first-order valence-corrected chi connectivity index (χ1v) is 13.6. The highest BCUT2D eigenvalue weighted by atomic mass is 19.1. The van der Waals surface area contributed by atoms with E-state index in [9.17, 15) is 18.4 Å². The Morgan fingerprint density at radius 3 is 2.40 bits per heavy atom. The van der Waals surface area contributed by atoms with Crippen LogP contribution in [0.3, 0.4) is 0 Å². The number of carbonyl (C=O) groups is 2. The van der Waals surface area contributed by atoms with E-state index in [1.165, 1.54) is 31.9 Å². The lowest BCUT2D eigenvalue weighted by molar-refractivity contribution is 0.101. The van der Waals surface area contributed by atoms with Crippen molar-refractivity contribution in [3.63, 3.8) is 0 Å². The molecule has 4 aromatic rings. The quantitative estimate of drug-likeness (QED) is 0.113. The van der Waals surface area contributed by atoms with Crippen LogP contribution >= 0.6 is 0 Å². The fourth-order valence-electron chi connectivity index (χ4n) is 4.76. The molecule has 0 saturated heterocycles. The highest BCUT2D eigenvalue weighted by Crippen LogP contribution is 2.40. The van der Waals surface area contributed by atoms with Gasteiger partial charge in [-0.05, 0) is 88.0 Å². The van der Waals surface area contributed by atoms with E-state index in [0.717, 1.165) is 17.4 Å². The number of alkyl halides is 1. The Balaban J connectivity index is 0.000000415. The van der Waals surface area contributed by atoms with Crippen LogP contribution in [0, 0.1) is 23.1 Å². The molecule has 2 N–H and O–H groups in total. The predicted molar refractivity (Wildman–Crippen MR) is 164 cm³/mol. The number of hydrogen-bond acceptors (Lipinski definition) is 6. The van der Waals surface area contributed by atoms with Crippen molar-refractivity contribution in [2.75, 3.05) is 25.6 Å². The van der Waals surface area contributed by atoms with Gasteiger partial charge >= 0.3 is 0 Å². The molecule has 0 bridgehead atoms. The Hall–Kier alpha value is -4.35. The summed E-state index contributed by atoms with van der Waals surface area (Å²) in [6.45, 7) is 3.38. The Morgan fingerprint density at radius 1 is 1.14 bits per heavy atom. The van der Waals surface area contributed by atoms with Crippen LogP contribution in [-0.4, -0.2) is 37.9 Å². The number of ketones is 1. The second-order valence-electron chi connectivity index (χ2n) is 10.3. The molecule has 1 saturated carbocycles. The zero-order chi connectivity index (χ0) is 29.6. The Labute approximate surface area is 245 Å². The van der Waals surface area contributed by atoms with Gasteiger partial charge in [-0.15, -0.1) is 0 Å². The molecular weight excluding hydrogens is 536 g/mol. The summed E-state index contributed by atoms with van der Waals surface area (Å²) >= 11 is 0. The number of hydrogen-bond donors (Lipinski definition) is 2. The van der Waals surface area contributed by atoms with Crippen LogP contribution in [0.5, 0.6) is 0 Å². The van der Waals surface area contributed by atoms with E-state index in [-0.39, 0.29) is 24.6 Å². The number of Topliss-reactive ketones (excluding diaryl/α,β-unsaturated/α-hetero) is 1. The van der Waals surface area contributed by atoms with Gasteiger partial charge in [-0.1, -0.05) is 25.6 Å². The van der Waals surface area contributed by atoms with E-state index < -0.39 is 6.67 Å². The number of nitrogens with zero attached hydrogens (tertiary/aromatic N) is 1. The van der Waals surface area contributed by atoms with E-state index in [4.69, 9.17) is 9.68 Å². The standard InChI is InChI=1S/C26H21F2NO3.C7H12N2.CH4/c1-16(31)25-22-13-21(19-5-2-4-17(12-19)15-30)23(29-11-3-10-27)14-24(22)32-26(25)18-6-8-20(28)9-7-18;1-7(5-8,9-2)6-3-4-6;/h2,4-9,12-15,29H,3,10-11H2,1H3;6,9H,3-4H2,1-2H3;1H4. The maximum absolute atomic E-state index is 13.4. The molecule has 3 aromatic carbocycles. The number of halogens is 2. The first kappa shape index (κ1) is 32.2. The minimum atomic E-state index is -0.449. The van der Waals surface area contributed by atoms with Gasteiger partial charge in [0.05, 0.1) is 18.3 Å². The first-order valence-electron chi connectivity index (χ1n) is 13.6. The summed E-state index contributed by atoms with van der Waals surface area (Å²) in [5, 5.41) is 15.5. The molecule has 1 heterocycles. The smallest absolute Gasteiger partial charge is 0.164 e. The highest BCUT2D eigenvalue weighted by Gasteiger charge is 2.40. The van der Waals surface area contributed by atoms with Crippen LogP contribution in [0.15, 0.2) is 65.1 Å². The Morgan fingerprint density at radius 2 is 1.86 bits per heavy atom. The zero-order valence-electron chi connectivity index (χ0n) is 23.4. The van der Waals surface area contributed by atoms with Crippen LogP contribution in [-0.2, 0) is 0 Å². The van der Waals surface area contributed by atoms with Crippen LogP contribution in [0.4, 0.5) is 14.5 Å². The molecule has 1 fully saturated rings. The second kappa shape index (κ2) is 14.0. The third-order valence-electron chi connectivity index (χ3n) is 7.39. The summed E-state index contributed by atoms with van der Waals surface area (Å²) < 4.78 is 32.1. The summed E-state index contributed by atoms with van der Waals surface area (Å²) in [6, 6.07) is 18.7. The fraction of sp³-hybridized carbons (Fsp3) is 0.324. The topological polar surface area (TPSA) is 95.1 Å². The molecule has 8 heteroatoms. The molecule has 0 spiro atoms. The van der Waals surface area contributed by atoms with Crippen molar-refractivity contribution in [2.45, 2.75) is 46.1 Å². The Bertz CT molecular complexity index is 1590. The number of carbonyl (C=O) groups excluding carboxylic acids is 2. The molecule has 0 aliphatic heterocycles. The van der Waals surface area contributed by atoms with Crippen molar-refractivity contribution in [3.8, 4) is 28.5 Å². The predicted octanol–water partition coefficient (Wildman–Crippen LogP) is 8.23. The van der Waals surface area contributed by atoms with Crippen LogP contribution in [0.25, 0.3) is 33.4 Å². The molecule has 1 aliphatic carbocycles. The van der Waals surface area contributed by atoms with Gasteiger partial charge in [0.25, 0.3) is 0 Å². The van der Waals surface area contributed by atoms with Crippen LogP contribution in [0.1, 0.15) is 61.3 Å². The number of furan rings is 1. The van der Waals surface area contributed by atoms with Gasteiger partial charge in [0, 0.05) is 40.4 Å². The third-order valence-corrected chi connectivity index (χ3v) is 7.39. The summed E-state index contributed by atoms with van der Waals surface area (Å²) in [5.41, 5.74) is 3.96. The molecule has 1 unspecified atom stereocenters. The third kappa shape index (κ3) is 7.10. The molecule has 5 rings (SSSR count).